The molecule has 2 aliphatic rings. The number of benzene rings is 7. The van der Waals surface area contributed by atoms with Gasteiger partial charge in [0.15, 0.2) is 17.5 Å². The fourth-order valence-corrected chi connectivity index (χ4v) is 9.56. The van der Waals surface area contributed by atoms with Crippen LogP contribution in [0.5, 0.6) is 0 Å². The summed E-state index contributed by atoms with van der Waals surface area (Å²) in [5, 5.41) is 2.64. The van der Waals surface area contributed by atoms with Gasteiger partial charge in [0.25, 0.3) is 0 Å². The van der Waals surface area contributed by atoms with E-state index in [1.165, 1.54) is 64.7 Å². The van der Waals surface area contributed by atoms with E-state index in [1.54, 1.807) is 0 Å². The lowest BCUT2D eigenvalue weighted by Gasteiger charge is -2.30. The minimum Gasteiger partial charge on any atom is -0.208 e. The Morgan fingerprint density at radius 2 is 0.860 bits per heavy atom. The van der Waals surface area contributed by atoms with Gasteiger partial charge in [-0.2, -0.15) is 0 Å². The lowest BCUT2D eigenvalue weighted by atomic mass is 9.70. The first-order valence-corrected chi connectivity index (χ1v) is 17.8. The highest BCUT2D eigenvalue weighted by molar-refractivity contribution is 7.25. The van der Waals surface area contributed by atoms with E-state index in [9.17, 15) is 0 Å². The molecule has 4 heteroatoms. The van der Waals surface area contributed by atoms with E-state index in [-0.39, 0.29) is 0 Å². The number of aromatic nitrogens is 3. The van der Waals surface area contributed by atoms with Crippen LogP contribution in [0.3, 0.4) is 0 Å². The van der Waals surface area contributed by atoms with Gasteiger partial charge in [-0.15, -0.1) is 11.3 Å². The van der Waals surface area contributed by atoms with Crippen LogP contribution < -0.4 is 0 Å². The topological polar surface area (TPSA) is 38.7 Å². The number of fused-ring (bicyclic) bond motifs is 13. The first-order chi connectivity index (χ1) is 24.8. The van der Waals surface area contributed by atoms with E-state index in [4.69, 9.17) is 15.0 Å². The first-order valence-electron chi connectivity index (χ1n) is 16.9. The number of nitrogens with zero attached hydrogens (tertiary/aromatic N) is 3. The standard InChI is InChI=1S/C46H27N3S/c1-3-13-28(14-4-1)43-47-44(29-15-5-2-6-16-29)49-45(48-43)30-23-24-33-31-17-7-10-20-37(31)46(39(33)25-30)38-21-11-8-18-32(38)35-26-36-34-19-9-12-22-41(34)50-42(36)27-40(35)46/h1-27H. The fourth-order valence-electron chi connectivity index (χ4n) is 8.43. The SMILES string of the molecule is c1ccc(-c2nc(-c3ccccc3)nc(-c3ccc4c(c3)C3(c5ccccc5-4)c4ccccc4-c4cc5c(cc43)sc3ccccc35)n2)cc1. The number of hydrogen-bond donors (Lipinski definition) is 0. The molecule has 7 aromatic carbocycles. The van der Waals surface area contributed by atoms with E-state index in [0.29, 0.717) is 17.5 Å². The molecule has 0 amide bonds. The molecule has 0 bridgehead atoms. The number of hydrogen-bond acceptors (Lipinski definition) is 4. The highest BCUT2D eigenvalue weighted by Crippen LogP contribution is 2.63. The average Bonchev–Trinajstić information content (AvgIpc) is 3.80. The third kappa shape index (κ3) is 3.77. The predicted molar refractivity (Wildman–Crippen MR) is 205 cm³/mol. The Balaban J connectivity index is 1.20. The third-order valence-electron chi connectivity index (χ3n) is 10.5. The summed E-state index contributed by atoms with van der Waals surface area (Å²) >= 11 is 1.88. The maximum absolute atomic E-state index is 5.12. The number of thiophene rings is 1. The lowest BCUT2D eigenvalue weighted by molar-refractivity contribution is 0.795. The monoisotopic (exact) mass is 653 g/mol. The summed E-state index contributed by atoms with van der Waals surface area (Å²) in [6.07, 6.45) is 0. The van der Waals surface area contributed by atoms with Crippen LogP contribution in [0.4, 0.5) is 0 Å². The van der Waals surface area contributed by atoms with Crippen molar-refractivity contribution in [2.45, 2.75) is 5.41 Å². The van der Waals surface area contributed by atoms with Crippen LogP contribution in [-0.4, -0.2) is 15.0 Å². The highest BCUT2D eigenvalue weighted by atomic mass is 32.1. The first kappa shape index (κ1) is 27.7. The van der Waals surface area contributed by atoms with E-state index in [0.717, 1.165) is 16.7 Å². The van der Waals surface area contributed by atoms with Gasteiger partial charge < -0.3 is 0 Å². The number of rotatable bonds is 3. The normalized spacial score (nSPS) is 15.3. The molecule has 0 fully saturated rings. The molecular weight excluding hydrogens is 627 g/mol. The zero-order chi connectivity index (χ0) is 32.8. The predicted octanol–water partition coefficient (Wildman–Crippen LogP) is 11.6. The van der Waals surface area contributed by atoms with Crippen molar-refractivity contribution in [3.8, 4) is 56.4 Å². The summed E-state index contributed by atoms with van der Waals surface area (Å²) in [5.41, 5.74) is 12.8. The Hall–Kier alpha value is -6.23. The molecule has 0 radical (unpaired) electrons. The van der Waals surface area contributed by atoms with Gasteiger partial charge in [0.2, 0.25) is 0 Å². The van der Waals surface area contributed by atoms with Crippen LogP contribution in [0.25, 0.3) is 76.6 Å². The van der Waals surface area contributed by atoms with Gasteiger partial charge in [0.05, 0.1) is 5.41 Å². The van der Waals surface area contributed by atoms with Crippen LogP contribution >= 0.6 is 11.3 Å². The van der Waals surface area contributed by atoms with Crippen molar-refractivity contribution in [2.75, 3.05) is 0 Å². The summed E-state index contributed by atoms with van der Waals surface area (Å²) < 4.78 is 2.64. The van der Waals surface area contributed by atoms with Gasteiger partial charge in [0.1, 0.15) is 0 Å². The van der Waals surface area contributed by atoms with Crippen molar-refractivity contribution in [1.29, 1.82) is 0 Å². The van der Waals surface area contributed by atoms with Gasteiger partial charge in [-0.05, 0) is 68.8 Å². The summed E-state index contributed by atoms with van der Waals surface area (Å²) in [7, 11) is 0. The summed E-state index contributed by atoms with van der Waals surface area (Å²) in [6.45, 7) is 0. The van der Waals surface area contributed by atoms with Crippen molar-refractivity contribution in [1.82, 2.24) is 15.0 Å². The van der Waals surface area contributed by atoms with E-state index >= 15 is 0 Å². The molecule has 9 aromatic rings. The Kier molecular flexibility index (Phi) is 5.75. The summed E-state index contributed by atoms with van der Waals surface area (Å²) in [5.74, 6) is 1.99. The van der Waals surface area contributed by atoms with Crippen molar-refractivity contribution in [3.63, 3.8) is 0 Å². The zero-order valence-electron chi connectivity index (χ0n) is 26.8. The van der Waals surface area contributed by atoms with Gasteiger partial charge >= 0.3 is 0 Å². The van der Waals surface area contributed by atoms with Crippen molar-refractivity contribution in [3.05, 3.63) is 186 Å². The van der Waals surface area contributed by atoms with Crippen LogP contribution in [-0.2, 0) is 5.41 Å². The van der Waals surface area contributed by atoms with Crippen molar-refractivity contribution < 1.29 is 0 Å². The average molecular weight is 654 g/mol. The van der Waals surface area contributed by atoms with Gasteiger partial charge in [-0.3, -0.25) is 0 Å². The van der Waals surface area contributed by atoms with Crippen LogP contribution in [0.2, 0.25) is 0 Å². The molecule has 2 heterocycles. The van der Waals surface area contributed by atoms with Crippen LogP contribution in [0.15, 0.2) is 164 Å². The molecule has 1 spiro atoms. The Labute approximate surface area is 293 Å². The molecule has 2 aliphatic carbocycles. The Bertz CT molecular complexity index is 2760. The van der Waals surface area contributed by atoms with Crippen molar-refractivity contribution >= 4 is 31.5 Å². The Morgan fingerprint density at radius 1 is 0.340 bits per heavy atom. The molecular formula is C46H27N3S. The molecule has 1 atom stereocenters. The van der Waals surface area contributed by atoms with Gasteiger partial charge in [-0.25, -0.2) is 15.0 Å². The van der Waals surface area contributed by atoms with Crippen molar-refractivity contribution in [2.24, 2.45) is 0 Å². The van der Waals surface area contributed by atoms with E-state index in [1.807, 2.05) is 47.7 Å². The minimum atomic E-state index is -0.476. The lowest BCUT2D eigenvalue weighted by Crippen LogP contribution is -2.25. The van der Waals surface area contributed by atoms with Gasteiger partial charge in [-0.1, -0.05) is 140 Å². The molecule has 50 heavy (non-hydrogen) atoms. The van der Waals surface area contributed by atoms with Gasteiger partial charge in [0, 0.05) is 36.9 Å². The molecule has 0 aliphatic heterocycles. The maximum atomic E-state index is 5.12. The summed E-state index contributed by atoms with van der Waals surface area (Å²) in [4.78, 5) is 15.2. The molecule has 2 aromatic heterocycles. The molecule has 11 rings (SSSR count). The second-order valence-electron chi connectivity index (χ2n) is 13.1. The minimum absolute atomic E-state index is 0.476. The van der Waals surface area contributed by atoms with Crippen LogP contribution in [0, 0.1) is 0 Å². The second-order valence-corrected chi connectivity index (χ2v) is 14.2. The fraction of sp³-hybridized carbons (Fsp3) is 0.0217. The van der Waals surface area contributed by atoms with E-state index in [2.05, 4.69) is 127 Å². The Morgan fingerprint density at radius 3 is 1.54 bits per heavy atom. The zero-order valence-corrected chi connectivity index (χ0v) is 27.7. The molecule has 1 unspecified atom stereocenters. The highest BCUT2D eigenvalue weighted by Gasteiger charge is 2.52. The summed E-state index contributed by atoms with van der Waals surface area (Å²) in [6, 6.07) is 58.9. The molecule has 0 N–H and O–H groups in total. The van der Waals surface area contributed by atoms with E-state index < -0.39 is 5.41 Å². The quantitative estimate of drug-likeness (QED) is 0.190. The largest absolute Gasteiger partial charge is 0.208 e. The molecule has 0 saturated heterocycles. The molecule has 232 valence electrons. The second kappa shape index (κ2) is 10.4. The molecule has 3 nitrogen and oxygen atoms in total. The van der Waals surface area contributed by atoms with Crippen LogP contribution in [0.1, 0.15) is 22.3 Å². The third-order valence-corrected chi connectivity index (χ3v) is 11.7. The smallest absolute Gasteiger partial charge is 0.164 e. The maximum Gasteiger partial charge on any atom is 0.164 e. The molecule has 0 saturated carbocycles.